The number of carbonyl (C=O) groups is 3. The summed E-state index contributed by atoms with van der Waals surface area (Å²) in [4.78, 5) is 41.7. The number of hydrogen-bond acceptors (Lipinski definition) is 3. The van der Waals surface area contributed by atoms with Crippen molar-refractivity contribution in [2.45, 2.75) is 24.9 Å². The number of H-pyrrole nitrogens is 1. The summed E-state index contributed by atoms with van der Waals surface area (Å²) in [5.74, 6) is -0.512. The van der Waals surface area contributed by atoms with E-state index in [9.17, 15) is 14.4 Å². The molecule has 2 atom stereocenters. The molecule has 2 N–H and O–H groups in total. The summed E-state index contributed by atoms with van der Waals surface area (Å²) in [5.41, 5.74) is 3.90. The van der Waals surface area contributed by atoms with Gasteiger partial charge in [-0.25, -0.2) is 0 Å². The molecule has 0 bridgehead atoms. The molecule has 2 heterocycles. The second-order valence-electron chi connectivity index (χ2n) is 7.02. The lowest BCUT2D eigenvalue weighted by atomic mass is 9.87. The van der Waals surface area contributed by atoms with Gasteiger partial charge >= 0.3 is 0 Å². The van der Waals surface area contributed by atoms with Gasteiger partial charge in [0.05, 0.1) is 17.2 Å². The third-order valence-electron chi connectivity index (χ3n) is 5.60. The number of amides is 3. The van der Waals surface area contributed by atoms with Crippen molar-refractivity contribution in [1.29, 1.82) is 0 Å². The summed E-state index contributed by atoms with van der Waals surface area (Å²) in [6.45, 7) is 0. The van der Waals surface area contributed by atoms with Gasteiger partial charge < -0.3 is 10.3 Å². The molecule has 3 aromatic rings. The van der Waals surface area contributed by atoms with Gasteiger partial charge in [0, 0.05) is 22.6 Å². The molecule has 1 aliphatic heterocycles. The predicted octanol–water partition coefficient (Wildman–Crippen LogP) is 2.57. The molecule has 0 saturated carbocycles. The second kappa shape index (κ2) is 5.81. The number of imide groups is 1. The zero-order chi connectivity index (χ0) is 18.5. The smallest absolute Gasteiger partial charge is 0.261 e. The van der Waals surface area contributed by atoms with Gasteiger partial charge in [-0.15, -0.1) is 0 Å². The van der Waals surface area contributed by atoms with Crippen molar-refractivity contribution in [3.05, 3.63) is 70.9 Å². The van der Waals surface area contributed by atoms with E-state index in [4.69, 9.17) is 0 Å². The molecule has 0 radical (unpaired) electrons. The fourth-order valence-corrected chi connectivity index (χ4v) is 4.42. The molecule has 2 unspecified atom stereocenters. The van der Waals surface area contributed by atoms with Gasteiger partial charge in [0.15, 0.2) is 0 Å². The number of nitrogens with zero attached hydrogens (tertiary/aromatic N) is 1. The number of fused-ring (bicyclic) bond motifs is 4. The minimum atomic E-state index is -0.304. The van der Waals surface area contributed by atoms with E-state index in [2.05, 4.69) is 10.3 Å². The zero-order valence-electron chi connectivity index (χ0n) is 14.4. The monoisotopic (exact) mass is 359 g/mol. The van der Waals surface area contributed by atoms with Crippen molar-refractivity contribution >= 4 is 29.1 Å². The predicted molar refractivity (Wildman–Crippen MR) is 99.3 cm³/mol. The lowest BCUT2D eigenvalue weighted by Crippen LogP contribution is -2.45. The number of benzene rings is 2. The molecule has 5 rings (SSSR count). The van der Waals surface area contributed by atoms with Crippen molar-refractivity contribution in [2.75, 3.05) is 0 Å². The van der Waals surface area contributed by atoms with Gasteiger partial charge in [0.25, 0.3) is 11.8 Å². The Balaban J connectivity index is 1.59. The molecular formula is C21H17N3O3. The van der Waals surface area contributed by atoms with Gasteiger partial charge in [-0.1, -0.05) is 30.3 Å². The van der Waals surface area contributed by atoms with Crippen LogP contribution in [-0.4, -0.2) is 34.2 Å². The van der Waals surface area contributed by atoms with Gasteiger partial charge in [-0.05, 0) is 36.6 Å². The fourth-order valence-electron chi connectivity index (χ4n) is 4.42. The molecule has 2 aromatic carbocycles. The van der Waals surface area contributed by atoms with E-state index in [1.807, 2.05) is 24.3 Å². The Labute approximate surface area is 155 Å². The molecule has 27 heavy (non-hydrogen) atoms. The molecule has 6 nitrogen and oxygen atoms in total. The van der Waals surface area contributed by atoms with E-state index in [1.54, 1.807) is 24.3 Å². The highest BCUT2D eigenvalue weighted by molar-refractivity contribution is 6.21. The number of aromatic amines is 1. The zero-order valence-corrected chi connectivity index (χ0v) is 14.4. The van der Waals surface area contributed by atoms with Crippen LogP contribution in [0.2, 0.25) is 0 Å². The molecule has 1 aromatic heterocycles. The number of para-hydroxylation sites is 1. The summed E-state index contributed by atoms with van der Waals surface area (Å²) in [7, 11) is 0. The summed E-state index contributed by atoms with van der Waals surface area (Å²) in [6, 6.07) is 14.3. The molecule has 2 aliphatic rings. The fraction of sp³-hybridized carbons (Fsp3) is 0.190. The molecule has 0 fully saturated rings. The minimum Gasteiger partial charge on any atom is -0.356 e. The first-order valence-corrected chi connectivity index (χ1v) is 8.95. The van der Waals surface area contributed by atoms with Crippen LogP contribution in [0.1, 0.15) is 44.4 Å². The quantitative estimate of drug-likeness (QED) is 0.557. The van der Waals surface area contributed by atoms with Crippen LogP contribution in [0.3, 0.4) is 0 Å². The van der Waals surface area contributed by atoms with Crippen LogP contribution in [0.15, 0.2) is 48.5 Å². The lowest BCUT2D eigenvalue weighted by molar-refractivity contribution is -0.110. The van der Waals surface area contributed by atoms with Crippen molar-refractivity contribution in [3.8, 4) is 0 Å². The Morgan fingerprint density at radius 3 is 2.37 bits per heavy atom. The molecule has 3 amide bonds. The topological polar surface area (TPSA) is 82.3 Å². The van der Waals surface area contributed by atoms with Crippen LogP contribution in [0.4, 0.5) is 0 Å². The molecule has 134 valence electrons. The number of nitrogens with one attached hydrogen (secondary N) is 2. The number of rotatable bonds is 3. The minimum absolute atomic E-state index is 0.256. The van der Waals surface area contributed by atoms with E-state index in [0.29, 0.717) is 30.4 Å². The van der Waals surface area contributed by atoms with E-state index < -0.39 is 0 Å². The standard InChI is InChI=1S/C21H17N3O3/c25-11-22-18-10-12(9-16-13-5-3-4-8-17(13)23-19(16)18)24-20(26)14-6-1-2-7-15(14)21(24)27/h1-8,11-12,18,23H,9-10H2,(H,22,25). The van der Waals surface area contributed by atoms with Crippen LogP contribution < -0.4 is 5.32 Å². The Bertz CT molecular complexity index is 1070. The summed E-state index contributed by atoms with van der Waals surface area (Å²) >= 11 is 0. The molecule has 1 aliphatic carbocycles. The third-order valence-corrected chi connectivity index (χ3v) is 5.60. The Kier molecular flexibility index (Phi) is 3.40. The molecule has 0 saturated heterocycles. The maximum atomic E-state index is 12.9. The molecule has 6 heteroatoms. The molecular weight excluding hydrogens is 342 g/mol. The van der Waals surface area contributed by atoms with Crippen molar-refractivity contribution < 1.29 is 14.4 Å². The first kappa shape index (κ1) is 15.8. The number of hydrogen-bond donors (Lipinski definition) is 2. The SMILES string of the molecule is O=CNC1CC(N2C(=O)c3ccccc3C2=O)Cc2c1[nH]c1ccccc21. The Morgan fingerprint density at radius 2 is 1.67 bits per heavy atom. The van der Waals surface area contributed by atoms with Crippen LogP contribution in [0, 0.1) is 0 Å². The average molecular weight is 359 g/mol. The first-order valence-electron chi connectivity index (χ1n) is 8.95. The summed E-state index contributed by atoms with van der Waals surface area (Å²) in [5, 5.41) is 3.91. The van der Waals surface area contributed by atoms with Gasteiger partial charge in [-0.3, -0.25) is 19.3 Å². The Hall–Kier alpha value is -3.41. The summed E-state index contributed by atoms with van der Waals surface area (Å²) < 4.78 is 0. The average Bonchev–Trinajstić information content (AvgIpc) is 3.18. The third kappa shape index (κ3) is 2.23. The maximum Gasteiger partial charge on any atom is 0.261 e. The van der Waals surface area contributed by atoms with Gasteiger partial charge in [-0.2, -0.15) is 0 Å². The second-order valence-corrected chi connectivity index (χ2v) is 7.02. The van der Waals surface area contributed by atoms with E-state index in [-0.39, 0.29) is 23.9 Å². The van der Waals surface area contributed by atoms with Gasteiger partial charge in [0.2, 0.25) is 6.41 Å². The highest BCUT2D eigenvalue weighted by Crippen LogP contribution is 2.38. The highest BCUT2D eigenvalue weighted by Gasteiger charge is 2.43. The molecule has 0 spiro atoms. The maximum absolute atomic E-state index is 12.9. The van der Waals surface area contributed by atoms with E-state index in [0.717, 1.165) is 22.2 Å². The van der Waals surface area contributed by atoms with Crippen LogP contribution in [-0.2, 0) is 11.2 Å². The number of carbonyl (C=O) groups excluding carboxylic acids is 3. The summed E-state index contributed by atoms with van der Waals surface area (Å²) in [6.07, 6.45) is 1.73. The Morgan fingerprint density at radius 1 is 1.00 bits per heavy atom. The van der Waals surface area contributed by atoms with E-state index >= 15 is 0 Å². The normalized spacial score (nSPS) is 21.3. The van der Waals surface area contributed by atoms with Crippen molar-refractivity contribution in [2.24, 2.45) is 0 Å². The number of aromatic nitrogens is 1. The van der Waals surface area contributed by atoms with Crippen LogP contribution in [0.5, 0.6) is 0 Å². The first-order chi connectivity index (χ1) is 13.2. The van der Waals surface area contributed by atoms with Gasteiger partial charge in [0.1, 0.15) is 0 Å². The van der Waals surface area contributed by atoms with Crippen LogP contribution >= 0.6 is 0 Å². The van der Waals surface area contributed by atoms with Crippen molar-refractivity contribution in [3.63, 3.8) is 0 Å². The van der Waals surface area contributed by atoms with E-state index in [1.165, 1.54) is 4.90 Å². The largest absolute Gasteiger partial charge is 0.356 e. The van der Waals surface area contributed by atoms with Crippen molar-refractivity contribution in [1.82, 2.24) is 15.2 Å². The van der Waals surface area contributed by atoms with Crippen LogP contribution in [0.25, 0.3) is 10.9 Å². The lowest BCUT2D eigenvalue weighted by Gasteiger charge is -2.34. The highest BCUT2D eigenvalue weighted by atomic mass is 16.2.